The number of amides is 3. The lowest BCUT2D eigenvalue weighted by atomic mass is 10.1. The largest absolute Gasteiger partial charge is 0.341 e. The van der Waals surface area contributed by atoms with Gasteiger partial charge in [0, 0.05) is 58.0 Å². The Bertz CT molecular complexity index is 1220. The van der Waals surface area contributed by atoms with Gasteiger partial charge in [-0.15, -0.1) is 0 Å². The van der Waals surface area contributed by atoms with E-state index in [1.807, 2.05) is 32.0 Å². The Balaban J connectivity index is 1.51. The summed E-state index contributed by atoms with van der Waals surface area (Å²) in [4.78, 5) is 36.9. The molecule has 3 aromatic heterocycles. The fraction of sp³-hybridized carbons (Fsp3) is 0.400. The predicted molar refractivity (Wildman–Crippen MR) is 130 cm³/mol. The Labute approximate surface area is 208 Å². The maximum Gasteiger partial charge on any atom is 0.317 e. The van der Waals surface area contributed by atoms with Gasteiger partial charge in [-0.3, -0.25) is 14.8 Å². The summed E-state index contributed by atoms with van der Waals surface area (Å²) < 4.78 is 28.3. The number of nitrogens with zero attached hydrogens (tertiary/aromatic N) is 6. The molecule has 1 aliphatic rings. The van der Waals surface area contributed by atoms with E-state index < -0.39 is 5.92 Å². The van der Waals surface area contributed by atoms with Crippen LogP contribution in [0.25, 0.3) is 17.1 Å². The number of alkyl halides is 2. The molecule has 3 aromatic rings. The summed E-state index contributed by atoms with van der Waals surface area (Å²) in [7, 11) is 1.71. The molecule has 9 nitrogen and oxygen atoms in total. The van der Waals surface area contributed by atoms with Crippen LogP contribution in [0.2, 0.25) is 0 Å². The number of likely N-dealkylation sites (tertiary alicyclic amines) is 1. The standard InChI is InChI=1S/C25H29F2N7O2/c1-4-32(3)23(35)21-13-22(34(31-21)19-7-5-17(2)28-16-19)20-8-6-18(14-29-20)15-30-24(36)33-11-9-25(26,27)10-12-33/h5-8,13-14,16H,4,9-12,15H2,1-3H3,(H,30,36). The van der Waals surface area contributed by atoms with Crippen LogP contribution < -0.4 is 5.32 Å². The third kappa shape index (κ3) is 5.67. The highest BCUT2D eigenvalue weighted by molar-refractivity contribution is 5.93. The molecule has 0 saturated carbocycles. The molecular formula is C25H29F2N7O2. The van der Waals surface area contributed by atoms with Gasteiger partial charge in [0.05, 0.1) is 23.3 Å². The highest BCUT2D eigenvalue weighted by Crippen LogP contribution is 2.27. The average Bonchev–Trinajstić information content (AvgIpc) is 3.32. The monoisotopic (exact) mass is 497 g/mol. The molecule has 0 bridgehead atoms. The van der Waals surface area contributed by atoms with Gasteiger partial charge < -0.3 is 15.1 Å². The molecule has 1 N–H and O–H groups in total. The van der Waals surface area contributed by atoms with Crippen LogP contribution in [0.15, 0.2) is 42.7 Å². The number of hydrogen-bond donors (Lipinski definition) is 1. The van der Waals surface area contributed by atoms with Crippen molar-refractivity contribution >= 4 is 11.9 Å². The molecule has 11 heteroatoms. The topological polar surface area (TPSA) is 96.2 Å². The molecular weight excluding hydrogens is 468 g/mol. The van der Waals surface area contributed by atoms with Gasteiger partial charge in [0.25, 0.3) is 11.8 Å². The number of nitrogens with one attached hydrogen (secondary N) is 1. The molecule has 0 aliphatic carbocycles. The molecule has 1 aliphatic heterocycles. The highest BCUT2D eigenvalue weighted by Gasteiger charge is 2.35. The van der Waals surface area contributed by atoms with E-state index in [0.29, 0.717) is 29.3 Å². The van der Waals surface area contributed by atoms with E-state index in [2.05, 4.69) is 20.4 Å². The van der Waals surface area contributed by atoms with Crippen molar-refractivity contribution in [3.05, 3.63) is 59.7 Å². The van der Waals surface area contributed by atoms with E-state index >= 15 is 0 Å². The zero-order chi connectivity index (χ0) is 25.9. The Hall–Kier alpha value is -3.89. The Morgan fingerprint density at radius 2 is 1.86 bits per heavy atom. The van der Waals surface area contributed by atoms with Gasteiger partial charge in [-0.2, -0.15) is 5.10 Å². The van der Waals surface area contributed by atoms with Crippen LogP contribution in [0.4, 0.5) is 13.6 Å². The number of urea groups is 1. The molecule has 36 heavy (non-hydrogen) atoms. The Morgan fingerprint density at radius 3 is 2.47 bits per heavy atom. The first-order chi connectivity index (χ1) is 17.2. The Kier molecular flexibility index (Phi) is 7.27. The van der Waals surface area contributed by atoms with Crippen molar-refractivity contribution in [2.24, 2.45) is 0 Å². The summed E-state index contributed by atoms with van der Waals surface area (Å²) >= 11 is 0. The summed E-state index contributed by atoms with van der Waals surface area (Å²) in [6, 6.07) is 8.67. The molecule has 1 fully saturated rings. The van der Waals surface area contributed by atoms with Crippen LogP contribution in [-0.2, 0) is 6.54 Å². The number of carbonyl (C=O) groups is 2. The van der Waals surface area contributed by atoms with Gasteiger partial charge in [-0.1, -0.05) is 6.07 Å². The normalized spacial score (nSPS) is 15.0. The summed E-state index contributed by atoms with van der Waals surface area (Å²) in [5, 5.41) is 7.29. The number of halogens is 2. The van der Waals surface area contributed by atoms with Crippen LogP contribution in [0.5, 0.6) is 0 Å². The first kappa shape index (κ1) is 25.2. The Morgan fingerprint density at radius 1 is 1.11 bits per heavy atom. The average molecular weight is 498 g/mol. The molecule has 1 saturated heterocycles. The quantitative estimate of drug-likeness (QED) is 0.561. The molecule has 4 rings (SSSR count). The minimum absolute atomic E-state index is 0.0299. The lowest BCUT2D eigenvalue weighted by Gasteiger charge is -2.31. The first-order valence-electron chi connectivity index (χ1n) is 11.8. The highest BCUT2D eigenvalue weighted by atomic mass is 19.3. The van der Waals surface area contributed by atoms with Crippen molar-refractivity contribution in [2.75, 3.05) is 26.7 Å². The number of aryl methyl sites for hydroxylation is 1. The van der Waals surface area contributed by atoms with E-state index in [1.54, 1.807) is 41.2 Å². The van der Waals surface area contributed by atoms with E-state index in [-0.39, 0.29) is 44.4 Å². The maximum absolute atomic E-state index is 13.3. The maximum atomic E-state index is 13.3. The SMILES string of the molecule is CCN(C)C(=O)c1cc(-c2ccc(CNC(=O)N3CCC(F)(F)CC3)cn2)n(-c2ccc(C)nc2)n1. The number of aromatic nitrogens is 4. The van der Waals surface area contributed by atoms with Crippen LogP contribution in [-0.4, -0.2) is 74.1 Å². The van der Waals surface area contributed by atoms with Gasteiger partial charge in [-0.05, 0) is 43.7 Å². The molecule has 4 heterocycles. The first-order valence-corrected chi connectivity index (χ1v) is 11.8. The third-order valence-electron chi connectivity index (χ3n) is 6.20. The second-order valence-electron chi connectivity index (χ2n) is 8.86. The van der Waals surface area contributed by atoms with Crippen molar-refractivity contribution in [3.8, 4) is 17.1 Å². The van der Waals surface area contributed by atoms with Crippen molar-refractivity contribution in [1.82, 2.24) is 34.9 Å². The lowest BCUT2D eigenvalue weighted by molar-refractivity contribution is -0.0469. The molecule has 0 atom stereocenters. The molecule has 0 radical (unpaired) electrons. The van der Waals surface area contributed by atoms with E-state index in [4.69, 9.17) is 0 Å². The van der Waals surface area contributed by atoms with Crippen LogP contribution in [0, 0.1) is 6.92 Å². The fourth-order valence-corrected chi connectivity index (χ4v) is 3.80. The van der Waals surface area contributed by atoms with Gasteiger partial charge in [0.1, 0.15) is 0 Å². The summed E-state index contributed by atoms with van der Waals surface area (Å²) in [5.74, 6) is -2.90. The fourth-order valence-electron chi connectivity index (χ4n) is 3.80. The number of carbonyl (C=O) groups excluding carboxylic acids is 2. The summed E-state index contributed by atoms with van der Waals surface area (Å²) in [5.41, 5.74) is 3.81. The minimum atomic E-state index is -2.70. The number of hydrogen-bond acceptors (Lipinski definition) is 5. The lowest BCUT2D eigenvalue weighted by Crippen LogP contribution is -2.47. The van der Waals surface area contributed by atoms with Gasteiger partial charge >= 0.3 is 6.03 Å². The summed E-state index contributed by atoms with van der Waals surface area (Å²) in [6.45, 7) is 4.60. The molecule has 0 aromatic carbocycles. The molecule has 0 spiro atoms. The van der Waals surface area contributed by atoms with Crippen LogP contribution in [0.3, 0.4) is 0 Å². The third-order valence-corrected chi connectivity index (χ3v) is 6.20. The molecule has 3 amide bonds. The molecule has 190 valence electrons. The number of rotatable bonds is 6. The van der Waals surface area contributed by atoms with Crippen molar-refractivity contribution in [3.63, 3.8) is 0 Å². The predicted octanol–water partition coefficient (Wildman–Crippen LogP) is 3.67. The van der Waals surface area contributed by atoms with E-state index in [0.717, 1.165) is 11.3 Å². The van der Waals surface area contributed by atoms with Crippen molar-refractivity contribution in [2.45, 2.75) is 39.2 Å². The molecule has 0 unspecified atom stereocenters. The van der Waals surface area contributed by atoms with Gasteiger partial charge in [-0.25, -0.2) is 18.3 Å². The number of pyridine rings is 2. The smallest absolute Gasteiger partial charge is 0.317 e. The van der Waals surface area contributed by atoms with Crippen LogP contribution >= 0.6 is 0 Å². The van der Waals surface area contributed by atoms with E-state index in [9.17, 15) is 18.4 Å². The minimum Gasteiger partial charge on any atom is -0.341 e. The zero-order valence-electron chi connectivity index (χ0n) is 20.5. The second kappa shape index (κ2) is 10.4. The van der Waals surface area contributed by atoms with Crippen molar-refractivity contribution in [1.29, 1.82) is 0 Å². The summed E-state index contributed by atoms with van der Waals surface area (Å²) in [6.07, 6.45) is 2.67. The van der Waals surface area contributed by atoms with Crippen molar-refractivity contribution < 1.29 is 18.4 Å². The zero-order valence-corrected chi connectivity index (χ0v) is 20.5. The second-order valence-corrected chi connectivity index (χ2v) is 8.86. The van der Waals surface area contributed by atoms with E-state index in [1.165, 1.54) is 4.90 Å². The number of piperidine rings is 1. The van der Waals surface area contributed by atoms with Gasteiger partial charge in [0.15, 0.2) is 5.69 Å². The van der Waals surface area contributed by atoms with Gasteiger partial charge in [0.2, 0.25) is 0 Å². The van der Waals surface area contributed by atoms with Crippen LogP contribution in [0.1, 0.15) is 41.5 Å².